The molecule has 1 fully saturated rings. The van der Waals surface area contributed by atoms with E-state index in [-0.39, 0.29) is 6.61 Å². The summed E-state index contributed by atoms with van der Waals surface area (Å²) in [5.74, 6) is 0. The minimum Gasteiger partial charge on any atom is -0.394 e. The van der Waals surface area contributed by atoms with Crippen LogP contribution in [0, 0.1) is 0 Å². The maximum Gasteiger partial charge on any atom is 0.116 e. The lowest BCUT2D eigenvalue weighted by molar-refractivity contribution is -0.113. The van der Waals surface area contributed by atoms with E-state index in [0.717, 1.165) is 4.90 Å². The summed E-state index contributed by atoms with van der Waals surface area (Å²) in [6.45, 7) is -0.254. The van der Waals surface area contributed by atoms with E-state index in [1.54, 1.807) is 0 Å². The van der Waals surface area contributed by atoms with Crippen molar-refractivity contribution in [3.8, 4) is 0 Å². The van der Waals surface area contributed by atoms with Crippen molar-refractivity contribution in [2.24, 2.45) is 5.11 Å². The van der Waals surface area contributed by atoms with Crippen LogP contribution in [0.25, 0.3) is 10.4 Å². The molecule has 1 aromatic carbocycles. The smallest absolute Gasteiger partial charge is 0.116 e. The van der Waals surface area contributed by atoms with E-state index in [2.05, 4.69) is 10.0 Å². The first-order valence-electron chi connectivity index (χ1n) is 5.95. The van der Waals surface area contributed by atoms with E-state index in [1.807, 2.05) is 30.3 Å². The molecule has 0 radical (unpaired) electrons. The zero-order valence-corrected chi connectivity index (χ0v) is 11.0. The molecule has 4 atom stereocenters. The Morgan fingerprint density at radius 3 is 2.79 bits per heavy atom. The first kappa shape index (κ1) is 14.2. The van der Waals surface area contributed by atoms with E-state index >= 15 is 0 Å². The van der Waals surface area contributed by atoms with Crippen LogP contribution >= 0.6 is 11.8 Å². The summed E-state index contributed by atoms with van der Waals surface area (Å²) >= 11 is 1.42. The summed E-state index contributed by atoms with van der Waals surface area (Å²) in [7, 11) is 0. The lowest BCUT2D eigenvalue weighted by Gasteiger charge is -2.36. The summed E-state index contributed by atoms with van der Waals surface area (Å²) < 4.78 is 5.62. The summed E-state index contributed by atoms with van der Waals surface area (Å²) in [6.07, 6.45) is -1.15. The van der Waals surface area contributed by atoms with Gasteiger partial charge in [0, 0.05) is 9.81 Å². The van der Waals surface area contributed by atoms with Crippen molar-refractivity contribution in [2.75, 3.05) is 6.61 Å². The average molecular weight is 281 g/mol. The van der Waals surface area contributed by atoms with Gasteiger partial charge in [-0.25, -0.2) is 0 Å². The number of rotatable bonds is 4. The largest absolute Gasteiger partial charge is 0.394 e. The summed E-state index contributed by atoms with van der Waals surface area (Å²) in [5, 5.41) is 22.6. The fourth-order valence-electron chi connectivity index (χ4n) is 1.94. The highest BCUT2D eigenvalue weighted by molar-refractivity contribution is 7.99. The number of azide groups is 1. The average Bonchev–Trinajstić information content (AvgIpc) is 2.43. The maximum absolute atomic E-state index is 9.77. The number of hydrogen-bond acceptors (Lipinski definition) is 5. The molecule has 6 nitrogen and oxygen atoms in total. The van der Waals surface area contributed by atoms with E-state index < -0.39 is 23.7 Å². The van der Waals surface area contributed by atoms with E-state index in [0.29, 0.717) is 6.42 Å². The number of aliphatic hydroxyl groups is 2. The van der Waals surface area contributed by atoms with Crippen molar-refractivity contribution in [2.45, 2.75) is 35.0 Å². The van der Waals surface area contributed by atoms with Gasteiger partial charge in [-0.2, -0.15) is 0 Å². The SMILES string of the molecule is [N-]=[N+]=NC1CC(O)C(CO)OC1Sc1ccccc1. The minimum absolute atomic E-state index is 0.254. The second kappa shape index (κ2) is 6.79. The Kier molecular flexibility index (Phi) is 5.07. The van der Waals surface area contributed by atoms with Gasteiger partial charge in [0.2, 0.25) is 0 Å². The quantitative estimate of drug-likeness (QED) is 0.500. The Morgan fingerprint density at radius 1 is 1.42 bits per heavy atom. The second-order valence-electron chi connectivity index (χ2n) is 4.23. The van der Waals surface area contributed by atoms with Crippen molar-refractivity contribution < 1.29 is 14.9 Å². The van der Waals surface area contributed by atoms with Crippen LogP contribution in [0.5, 0.6) is 0 Å². The highest BCUT2D eigenvalue weighted by Crippen LogP contribution is 2.34. The van der Waals surface area contributed by atoms with E-state index in [1.165, 1.54) is 11.8 Å². The molecule has 1 aliphatic rings. The molecule has 0 aromatic heterocycles. The first-order valence-corrected chi connectivity index (χ1v) is 6.83. The lowest BCUT2D eigenvalue weighted by Crippen LogP contribution is -2.46. The van der Waals surface area contributed by atoms with Crippen LogP contribution in [0.3, 0.4) is 0 Å². The van der Waals surface area contributed by atoms with Gasteiger partial charge in [-0.05, 0) is 24.1 Å². The topological polar surface area (TPSA) is 98.5 Å². The number of hydrogen-bond donors (Lipinski definition) is 2. The van der Waals surface area contributed by atoms with Gasteiger partial charge in [-0.3, -0.25) is 0 Å². The molecule has 1 saturated heterocycles. The fraction of sp³-hybridized carbons (Fsp3) is 0.500. The zero-order valence-electron chi connectivity index (χ0n) is 10.2. The molecular formula is C12H15N3O3S. The molecule has 1 heterocycles. The first-order chi connectivity index (χ1) is 9.24. The van der Waals surface area contributed by atoms with Gasteiger partial charge in [0.05, 0.1) is 18.8 Å². The zero-order chi connectivity index (χ0) is 13.7. The standard InChI is InChI=1S/C12H15N3O3S/c13-15-14-9-6-10(17)11(7-16)18-12(9)19-8-4-2-1-3-5-8/h1-5,9-12,16-17H,6-7H2. The molecular weight excluding hydrogens is 266 g/mol. The van der Waals surface area contributed by atoms with Gasteiger partial charge in [0.1, 0.15) is 11.5 Å². The molecule has 2 N–H and O–H groups in total. The highest BCUT2D eigenvalue weighted by Gasteiger charge is 2.36. The summed E-state index contributed by atoms with van der Waals surface area (Å²) in [4.78, 5) is 3.78. The van der Waals surface area contributed by atoms with Crippen LogP contribution in [0.4, 0.5) is 0 Å². The van der Waals surface area contributed by atoms with Crippen LogP contribution < -0.4 is 0 Å². The van der Waals surface area contributed by atoms with E-state index in [9.17, 15) is 5.11 Å². The van der Waals surface area contributed by atoms with Crippen molar-refractivity contribution >= 4 is 11.8 Å². The van der Waals surface area contributed by atoms with Crippen molar-refractivity contribution in [1.82, 2.24) is 0 Å². The number of benzene rings is 1. The van der Waals surface area contributed by atoms with Crippen LogP contribution in [-0.4, -0.2) is 40.5 Å². The van der Waals surface area contributed by atoms with Gasteiger partial charge >= 0.3 is 0 Å². The summed E-state index contributed by atoms with van der Waals surface area (Å²) in [6, 6.07) is 9.14. The molecule has 1 aromatic rings. The molecule has 19 heavy (non-hydrogen) atoms. The second-order valence-corrected chi connectivity index (χ2v) is 5.40. The molecule has 0 amide bonds. The molecule has 4 unspecified atom stereocenters. The molecule has 0 aliphatic carbocycles. The Bertz CT molecular complexity index is 453. The van der Waals surface area contributed by atoms with Crippen molar-refractivity contribution in [1.29, 1.82) is 0 Å². The number of nitrogens with zero attached hydrogens (tertiary/aromatic N) is 3. The molecule has 2 rings (SSSR count). The third kappa shape index (κ3) is 3.62. The third-order valence-electron chi connectivity index (χ3n) is 2.91. The Balaban J connectivity index is 2.12. The normalized spacial score (nSPS) is 30.6. The molecule has 7 heteroatoms. The lowest BCUT2D eigenvalue weighted by atomic mass is 10.0. The van der Waals surface area contributed by atoms with Crippen LogP contribution in [0.1, 0.15) is 6.42 Å². The van der Waals surface area contributed by atoms with Crippen LogP contribution in [0.2, 0.25) is 0 Å². The number of ether oxygens (including phenoxy) is 1. The minimum atomic E-state index is -0.812. The predicted molar refractivity (Wildman–Crippen MR) is 71.6 cm³/mol. The van der Waals surface area contributed by atoms with Crippen LogP contribution in [-0.2, 0) is 4.74 Å². The molecule has 0 spiro atoms. The fourth-order valence-corrected chi connectivity index (χ4v) is 3.04. The van der Waals surface area contributed by atoms with Gasteiger partial charge < -0.3 is 14.9 Å². The van der Waals surface area contributed by atoms with Crippen molar-refractivity contribution in [3.05, 3.63) is 40.8 Å². The molecule has 1 aliphatic heterocycles. The Morgan fingerprint density at radius 2 is 2.16 bits per heavy atom. The Hall–Kier alpha value is -1.24. The van der Waals surface area contributed by atoms with Gasteiger partial charge in [-0.15, -0.1) is 0 Å². The van der Waals surface area contributed by atoms with Crippen molar-refractivity contribution in [3.63, 3.8) is 0 Å². The predicted octanol–water partition coefficient (Wildman–Crippen LogP) is 1.93. The summed E-state index contributed by atoms with van der Waals surface area (Å²) in [5.41, 5.74) is 8.17. The number of aliphatic hydroxyl groups excluding tert-OH is 2. The molecule has 0 bridgehead atoms. The van der Waals surface area contributed by atoms with Gasteiger partial charge in [0.25, 0.3) is 0 Å². The Labute approximate surface area is 115 Å². The third-order valence-corrected chi connectivity index (χ3v) is 4.11. The van der Waals surface area contributed by atoms with E-state index in [4.69, 9.17) is 15.4 Å². The van der Waals surface area contributed by atoms with Gasteiger partial charge in [-0.1, -0.05) is 35.1 Å². The number of thioether (sulfide) groups is 1. The highest BCUT2D eigenvalue weighted by atomic mass is 32.2. The molecule has 102 valence electrons. The maximum atomic E-state index is 9.77. The van der Waals surface area contributed by atoms with Crippen LogP contribution in [0.15, 0.2) is 40.3 Å². The van der Waals surface area contributed by atoms with Gasteiger partial charge in [0.15, 0.2) is 0 Å². The monoisotopic (exact) mass is 281 g/mol. The molecule has 0 saturated carbocycles.